The molecule has 3 amide bonds. The van der Waals surface area contributed by atoms with E-state index >= 15 is 0 Å². The van der Waals surface area contributed by atoms with Crippen molar-refractivity contribution in [2.45, 2.75) is 24.8 Å². The van der Waals surface area contributed by atoms with Crippen LogP contribution in [0.2, 0.25) is 0 Å². The molecule has 198 valence electrons. The van der Waals surface area contributed by atoms with Crippen LogP contribution in [0.5, 0.6) is 23.0 Å². The number of ether oxygens (including phenoxy) is 4. The zero-order valence-corrected chi connectivity index (χ0v) is 21.8. The number of nitrogens with zero attached hydrogens (tertiary/aromatic N) is 2. The number of carbonyl (C=O) groups is 3. The smallest absolute Gasteiger partial charge is 0.254 e. The van der Waals surface area contributed by atoms with Crippen LogP contribution in [-0.2, 0) is 9.59 Å². The molecule has 2 aromatic rings. The Morgan fingerprint density at radius 2 is 1.43 bits per heavy atom. The number of methoxy groups -OCH3 is 4. The second kappa shape index (κ2) is 10.6. The number of hydrogen-bond acceptors (Lipinski definition) is 7. The Balaban J connectivity index is 1.85. The van der Waals surface area contributed by atoms with E-state index in [1.165, 1.54) is 21.3 Å². The molecular weight excluding hydrogens is 478 g/mol. The van der Waals surface area contributed by atoms with Crippen LogP contribution in [0.1, 0.15) is 46.3 Å². The van der Waals surface area contributed by atoms with Crippen molar-refractivity contribution in [3.8, 4) is 23.0 Å². The van der Waals surface area contributed by atoms with Crippen molar-refractivity contribution in [3.05, 3.63) is 47.0 Å². The molecule has 10 heteroatoms. The Kier molecular flexibility index (Phi) is 7.47. The van der Waals surface area contributed by atoms with Crippen molar-refractivity contribution in [3.63, 3.8) is 0 Å². The van der Waals surface area contributed by atoms with Crippen molar-refractivity contribution < 1.29 is 33.3 Å². The quantitative estimate of drug-likeness (QED) is 0.606. The highest BCUT2D eigenvalue weighted by Crippen LogP contribution is 2.47. The summed E-state index contributed by atoms with van der Waals surface area (Å²) in [6.07, 6.45) is 1.00. The molecule has 0 radical (unpaired) electrons. The van der Waals surface area contributed by atoms with Gasteiger partial charge in [-0.25, -0.2) is 0 Å². The van der Waals surface area contributed by atoms with Gasteiger partial charge in [-0.05, 0) is 48.2 Å². The highest BCUT2D eigenvalue weighted by molar-refractivity contribution is 6.02. The summed E-state index contributed by atoms with van der Waals surface area (Å²) in [5.41, 5.74) is 7.16. The molecule has 0 aliphatic carbocycles. The number of piperidine rings is 1. The van der Waals surface area contributed by atoms with Gasteiger partial charge >= 0.3 is 0 Å². The van der Waals surface area contributed by atoms with E-state index in [0.29, 0.717) is 60.1 Å². The molecular formula is C27H33N3O7. The molecule has 0 bridgehead atoms. The first-order valence-corrected chi connectivity index (χ1v) is 12.1. The monoisotopic (exact) mass is 511 g/mol. The lowest BCUT2D eigenvalue weighted by Gasteiger charge is -2.43. The summed E-state index contributed by atoms with van der Waals surface area (Å²) in [5.74, 6) is 0.143. The van der Waals surface area contributed by atoms with Crippen LogP contribution >= 0.6 is 0 Å². The molecule has 1 saturated heterocycles. The van der Waals surface area contributed by atoms with Gasteiger partial charge < -0.3 is 34.5 Å². The fraction of sp³-hybridized carbons (Fsp3) is 0.444. The summed E-state index contributed by atoms with van der Waals surface area (Å²) in [6.45, 7) is 0.809. The minimum absolute atomic E-state index is 0.143. The highest BCUT2D eigenvalue weighted by atomic mass is 16.5. The van der Waals surface area contributed by atoms with Crippen LogP contribution in [-0.4, -0.2) is 76.1 Å². The third kappa shape index (κ3) is 4.63. The number of carbonyl (C=O) groups excluding carboxylic acids is 3. The van der Waals surface area contributed by atoms with Crippen molar-refractivity contribution in [2.24, 2.45) is 11.7 Å². The van der Waals surface area contributed by atoms with Crippen LogP contribution in [0.15, 0.2) is 30.3 Å². The number of amides is 3. The average molecular weight is 512 g/mol. The number of rotatable bonds is 7. The second-order valence-corrected chi connectivity index (χ2v) is 9.25. The lowest BCUT2D eigenvalue weighted by molar-refractivity contribution is -0.137. The Labute approximate surface area is 216 Å². The van der Waals surface area contributed by atoms with Crippen LogP contribution in [0.25, 0.3) is 0 Å². The molecule has 2 unspecified atom stereocenters. The largest absolute Gasteiger partial charge is 0.493 e. The lowest BCUT2D eigenvalue weighted by Crippen LogP contribution is -2.49. The molecule has 0 spiro atoms. The zero-order chi connectivity index (χ0) is 26.9. The fourth-order valence-corrected chi connectivity index (χ4v) is 5.35. The lowest BCUT2D eigenvalue weighted by atomic mass is 9.78. The Morgan fingerprint density at radius 1 is 0.865 bits per heavy atom. The van der Waals surface area contributed by atoms with Crippen LogP contribution in [0, 0.1) is 5.92 Å². The molecule has 10 nitrogen and oxygen atoms in total. The Hall–Kier alpha value is -3.95. The van der Waals surface area contributed by atoms with Gasteiger partial charge in [0.25, 0.3) is 5.91 Å². The maximum Gasteiger partial charge on any atom is 0.254 e. The van der Waals surface area contributed by atoms with E-state index in [9.17, 15) is 14.4 Å². The summed E-state index contributed by atoms with van der Waals surface area (Å²) in [4.78, 5) is 42.8. The van der Waals surface area contributed by atoms with Crippen molar-refractivity contribution >= 4 is 17.7 Å². The Bertz CT molecular complexity index is 1210. The normalized spacial score (nSPS) is 19.8. The van der Waals surface area contributed by atoms with Crippen LogP contribution in [0.3, 0.4) is 0 Å². The van der Waals surface area contributed by atoms with Crippen LogP contribution in [0.4, 0.5) is 0 Å². The molecule has 37 heavy (non-hydrogen) atoms. The maximum atomic E-state index is 14.2. The highest BCUT2D eigenvalue weighted by Gasteiger charge is 2.45. The molecule has 2 aromatic carbocycles. The molecule has 2 aliphatic heterocycles. The van der Waals surface area contributed by atoms with Gasteiger partial charge in [-0.1, -0.05) is 6.07 Å². The maximum absolute atomic E-state index is 14.2. The summed E-state index contributed by atoms with van der Waals surface area (Å²) in [5, 5.41) is 0. The minimum atomic E-state index is -0.735. The molecule has 2 aliphatic rings. The van der Waals surface area contributed by atoms with E-state index < -0.39 is 12.0 Å². The molecule has 1 fully saturated rings. The Morgan fingerprint density at radius 3 is 2.00 bits per heavy atom. The molecule has 2 N–H and O–H groups in total. The first-order chi connectivity index (χ1) is 17.7. The summed E-state index contributed by atoms with van der Waals surface area (Å²) in [6, 6.07) is 8.10. The van der Waals surface area contributed by atoms with Gasteiger partial charge in [0.1, 0.15) is 0 Å². The molecule has 0 aromatic heterocycles. The average Bonchev–Trinajstić information content (AvgIpc) is 2.93. The predicted octanol–water partition coefficient (Wildman–Crippen LogP) is 2.36. The molecule has 2 heterocycles. The summed E-state index contributed by atoms with van der Waals surface area (Å²) >= 11 is 0. The fourth-order valence-electron chi connectivity index (χ4n) is 5.35. The third-order valence-corrected chi connectivity index (χ3v) is 7.40. The minimum Gasteiger partial charge on any atom is -0.493 e. The first-order valence-electron chi connectivity index (χ1n) is 12.1. The number of likely N-dealkylation sites (tertiary alicyclic amines) is 1. The van der Waals surface area contributed by atoms with Gasteiger partial charge in [0.2, 0.25) is 11.8 Å². The summed E-state index contributed by atoms with van der Waals surface area (Å²) < 4.78 is 21.9. The van der Waals surface area contributed by atoms with E-state index in [1.807, 2.05) is 6.07 Å². The zero-order valence-electron chi connectivity index (χ0n) is 21.8. The van der Waals surface area contributed by atoms with E-state index in [1.54, 1.807) is 48.2 Å². The molecule has 0 saturated carbocycles. The SMILES string of the molecule is COc1ccc(C2C(C(=O)N3CCC(C(N)=O)CC3)c3cc(OC)c(OC)cc3C(=O)N2C)cc1OC. The van der Waals surface area contributed by atoms with Crippen LogP contribution < -0.4 is 24.7 Å². The number of benzene rings is 2. The number of fused-ring (bicyclic) bond motifs is 1. The van der Waals surface area contributed by atoms with Crippen molar-refractivity contribution in [1.82, 2.24) is 9.80 Å². The van der Waals surface area contributed by atoms with E-state index in [2.05, 4.69) is 0 Å². The van der Waals surface area contributed by atoms with Crippen molar-refractivity contribution in [2.75, 3.05) is 48.6 Å². The molecule has 2 atom stereocenters. The number of likely N-dealkylation sites (N-methyl/N-ethyl adjacent to an activating group) is 1. The van der Waals surface area contributed by atoms with E-state index in [4.69, 9.17) is 24.7 Å². The summed E-state index contributed by atoms with van der Waals surface area (Å²) in [7, 11) is 7.78. The third-order valence-electron chi connectivity index (χ3n) is 7.40. The van der Waals surface area contributed by atoms with Gasteiger partial charge in [0.15, 0.2) is 23.0 Å². The van der Waals surface area contributed by atoms with Gasteiger partial charge in [-0.2, -0.15) is 0 Å². The second-order valence-electron chi connectivity index (χ2n) is 9.25. The van der Waals surface area contributed by atoms with Gasteiger partial charge in [-0.15, -0.1) is 0 Å². The van der Waals surface area contributed by atoms with Crippen molar-refractivity contribution in [1.29, 1.82) is 0 Å². The topological polar surface area (TPSA) is 121 Å². The standard InChI is InChI=1S/C27H33N3O7/c1-29-24(16-6-7-19(34-2)20(12-16)35-3)23(27(33)30-10-8-15(9-11-30)25(28)31)17-13-21(36-4)22(37-5)14-18(17)26(29)32/h6-7,12-15,23-24H,8-11H2,1-5H3,(H2,28,31). The van der Waals surface area contributed by atoms with Gasteiger partial charge in [0, 0.05) is 31.6 Å². The van der Waals surface area contributed by atoms with E-state index in [-0.39, 0.29) is 23.6 Å². The van der Waals surface area contributed by atoms with E-state index in [0.717, 1.165) is 5.56 Å². The molecule has 4 rings (SSSR count). The van der Waals surface area contributed by atoms with Gasteiger partial charge in [-0.3, -0.25) is 14.4 Å². The van der Waals surface area contributed by atoms with Gasteiger partial charge in [0.05, 0.1) is 40.4 Å². The number of nitrogens with two attached hydrogens (primary N) is 1. The number of primary amides is 1. The number of hydrogen-bond donors (Lipinski definition) is 1. The first kappa shape index (κ1) is 26.1. The predicted molar refractivity (Wildman–Crippen MR) is 135 cm³/mol.